The Morgan fingerprint density at radius 1 is 1.18 bits per heavy atom. The number of hydrogen-bond acceptors (Lipinski definition) is 4. The summed E-state index contributed by atoms with van der Waals surface area (Å²) in [5, 5.41) is 4.63. The summed E-state index contributed by atoms with van der Waals surface area (Å²) >= 11 is 0. The number of nitrogens with one attached hydrogen (secondary N) is 2. The number of nitrogens with zero attached hydrogens (tertiary/aromatic N) is 3. The van der Waals surface area contributed by atoms with Crippen LogP contribution in [0.5, 0.6) is 0 Å². The van der Waals surface area contributed by atoms with E-state index in [1.165, 1.54) is 16.7 Å². The Labute approximate surface area is 164 Å². The summed E-state index contributed by atoms with van der Waals surface area (Å²) in [6.07, 6.45) is 7.30. The minimum absolute atomic E-state index is 0.733. The summed E-state index contributed by atoms with van der Waals surface area (Å²) in [5.74, 6) is 0.896. The normalized spacial score (nSPS) is 15.1. The number of aromatic nitrogens is 3. The second-order valence-electron chi connectivity index (χ2n) is 7.42. The van der Waals surface area contributed by atoms with Crippen molar-refractivity contribution in [3.63, 3.8) is 0 Å². The van der Waals surface area contributed by atoms with Crippen molar-refractivity contribution in [1.29, 1.82) is 0 Å². The summed E-state index contributed by atoms with van der Waals surface area (Å²) in [4.78, 5) is 15.0. The lowest BCUT2D eigenvalue weighted by Gasteiger charge is -2.21. The van der Waals surface area contributed by atoms with E-state index in [1.54, 1.807) is 0 Å². The SMILES string of the molecule is CN1CC=C(c2c[nH]c3ccc(NCc4ccc5ncccc5c4)nc23)CC1. The van der Waals surface area contributed by atoms with Crippen molar-refractivity contribution in [2.24, 2.45) is 0 Å². The van der Waals surface area contributed by atoms with Crippen LogP contribution in [0.3, 0.4) is 0 Å². The van der Waals surface area contributed by atoms with E-state index in [-0.39, 0.29) is 0 Å². The van der Waals surface area contributed by atoms with E-state index in [4.69, 9.17) is 4.98 Å². The first kappa shape index (κ1) is 17.0. The standard InChI is InChI=1S/C23H23N5/c1-28-11-8-17(9-12-28)19-15-25-21-6-7-22(27-23(19)21)26-14-16-4-5-20-18(13-16)3-2-10-24-20/h2-8,10,13,15,25H,9,11-12,14H2,1H3,(H,26,27). The van der Waals surface area contributed by atoms with E-state index in [0.29, 0.717) is 0 Å². The fourth-order valence-electron chi connectivity index (χ4n) is 3.79. The summed E-state index contributed by atoms with van der Waals surface area (Å²) in [5.41, 5.74) is 6.98. The van der Waals surface area contributed by atoms with E-state index in [0.717, 1.165) is 53.8 Å². The van der Waals surface area contributed by atoms with Gasteiger partial charge in [0.2, 0.25) is 0 Å². The van der Waals surface area contributed by atoms with Crippen LogP contribution in [0.25, 0.3) is 27.5 Å². The monoisotopic (exact) mass is 369 g/mol. The molecule has 0 fully saturated rings. The zero-order valence-corrected chi connectivity index (χ0v) is 15.9. The van der Waals surface area contributed by atoms with Crippen LogP contribution < -0.4 is 5.32 Å². The van der Waals surface area contributed by atoms with E-state index >= 15 is 0 Å². The van der Waals surface area contributed by atoms with Crippen molar-refractivity contribution < 1.29 is 0 Å². The largest absolute Gasteiger partial charge is 0.366 e. The number of benzene rings is 1. The summed E-state index contributed by atoms with van der Waals surface area (Å²) in [7, 11) is 2.16. The number of anilines is 1. The number of hydrogen-bond donors (Lipinski definition) is 2. The highest BCUT2D eigenvalue weighted by molar-refractivity contribution is 5.90. The molecule has 1 aliphatic rings. The highest BCUT2D eigenvalue weighted by atomic mass is 15.1. The van der Waals surface area contributed by atoms with Gasteiger partial charge in [-0.25, -0.2) is 4.98 Å². The van der Waals surface area contributed by atoms with Gasteiger partial charge in [-0.1, -0.05) is 18.2 Å². The molecule has 0 amide bonds. The van der Waals surface area contributed by atoms with Gasteiger partial charge in [0.1, 0.15) is 5.82 Å². The molecule has 0 saturated heterocycles. The maximum Gasteiger partial charge on any atom is 0.127 e. The Hall–Kier alpha value is -3.18. The second kappa shape index (κ2) is 7.09. The maximum atomic E-state index is 4.90. The number of aromatic amines is 1. The average Bonchev–Trinajstić information content (AvgIpc) is 3.16. The zero-order chi connectivity index (χ0) is 18.9. The van der Waals surface area contributed by atoms with E-state index < -0.39 is 0 Å². The summed E-state index contributed by atoms with van der Waals surface area (Å²) in [6, 6.07) is 14.6. The van der Waals surface area contributed by atoms with Crippen LogP contribution in [-0.2, 0) is 6.54 Å². The molecule has 3 aromatic heterocycles. The smallest absolute Gasteiger partial charge is 0.127 e. The number of pyridine rings is 2. The third-order valence-corrected chi connectivity index (χ3v) is 5.42. The average molecular weight is 369 g/mol. The van der Waals surface area contributed by atoms with Crippen molar-refractivity contribution in [1.82, 2.24) is 19.9 Å². The first-order valence-electron chi connectivity index (χ1n) is 9.70. The fourth-order valence-corrected chi connectivity index (χ4v) is 3.79. The lowest BCUT2D eigenvalue weighted by atomic mass is 10.0. The van der Waals surface area contributed by atoms with Gasteiger partial charge in [-0.05, 0) is 54.9 Å². The lowest BCUT2D eigenvalue weighted by Crippen LogP contribution is -2.23. The highest BCUT2D eigenvalue weighted by Gasteiger charge is 2.14. The van der Waals surface area contributed by atoms with Crippen LogP contribution in [-0.4, -0.2) is 40.0 Å². The van der Waals surface area contributed by atoms with E-state index in [9.17, 15) is 0 Å². The van der Waals surface area contributed by atoms with Crippen LogP contribution in [0.2, 0.25) is 0 Å². The van der Waals surface area contributed by atoms with Gasteiger partial charge in [-0.3, -0.25) is 4.98 Å². The van der Waals surface area contributed by atoms with Crippen LogP contribution >= 0.6 is 0 Å². The van der Waals surface area contributed by atoms with Gasteiger partial charge >= 0.3 is 0 Å². The van der Waals surface area contributed by atoms with Crippen LogP contribution in [0.4, 0.5) is 5.82 Å². The Morgan fingerprint density at radius 3 is 3.04 bits per heavy atom. The van der Waals surface area contributed by atoms with Crippen molar-refractivity contribution in [3.8, 4) is 0 Å². The van der Waals surface area contributed by atoms with Gasteiger partial charge < -0.3 is 15.2 Å². The number of H-pyrrole nitrogens is 1. The minimum Gasteiger partial charge on any atom is -0.366 e. The number of rotatable bonds is 4. The molecule has 0 atom stereocenters. The van der Waals surface area contributed by atoms with Crippen molar-refractivity contribution in [3.05, 3.63) is 72.1 Å². The van der Waals surface area contributed by atoms with Crippen molar-refractivity contribution in [2.75, 3.05) is 25.5 Å². The lowest BCUT2D eigenvalue weighted by molar-refractivity contribution is 0.370. The first-order chi connectivity index (χ1) is 13.8. The molecular weight excluding hydrogens is 346 g/mol. The molecule has 0 radical (unpaired) electrons. The van der Waals surface area contributed by atoms with Gasteiger partial charge in [-0.15, -0.1) is 0 Å². The van der Waals surface area contributed by atoms with Crippen LogP contribution in [0.1, 0.15) is 17.5 Å². The highest BCUT2D eigenvalue weighted by Crippen LogP contribution is 2.28. The van der Waals surface area contributed by atoms with Gasteiger partial charge in [0.25, 0.3) is 0 Å². The molecule has 140 valence electrons. The second-order valence-corrected chi connectivity index (χ2v) is 7.42. The molecule has 1 aliphatic heterocycles. The quantitative estimate of drug-likeness (QED) is 0.558. The molecule has 2 N–H and O–H groups in total. The Balaban J connectivity index is 1.39. The van der Waals surface area contributed by atoms with Crippen LogP contribution in [0.15, 0.2) is 60.9 Å². The molecule has 0 bridgehead atoms. The molecular formula is C23H23N5. The first-order valence-corrected chi connectivity index (χ1v) is 9.70. The Morgan fingerprint density at radius 2 is 2.14 bits per heavy atom. The third-order valence-electron chi connectivity index (χ3n) is 5.42. The van der Waals surface area contributed by atoms with Gasteiger partial charge in [0, 0.05) is 43.0 Å². The van der Waals surface area contributed by atoms with Crippen molar-refractivity contribution >= 4 is 33.3 Å². The maximum absolute atomic E-state index is 4.90. The van der Waals surface area contributed by atoms with Crippen molar-refractivity contribution in [2.45, 2.75) is 13.0 Å². The Kier molecular flexibility index (Phi) is 4.29. The van der Waals surface area contributed by atoms with Gasteiger partial charge in [0.05, 0.1) is 16.6 Å². The minimum atomic E-state index is 0.733. The molecule has 5 nitrogen and oxygen atoms in total. The molecule has 4 heterocycles. The van der Waals surface area contributed by atoms with E-state index in [1.807, 2.05) is 18.3 Å². The number of fused-ring (bicyclic) bond motifs is 2. The predicted octanol–water partition coefficient (Wildman–Crippen LogP) is 4.44. The molecule has 0 unspecified atom stereocenters. The zero-order valence-electron chi connectivity index (χ0n) is 15.9. The summed E-state index contributed by atoms with van der Waals surface area (Å²) < 4.78 is 0. The molecule has 28 heavy (non-hydrogen) atoms. The van der Waals surface area contributed by atoms with E-state index in [2.05, 4.69) is 69.8 Å². The number of likely N-dealkylation sites (N-methyl/N-ethyl adjacent to an activating group) is 1. The van der Waals surface area contributed by atoms with Gasteiger partial charge in [-0.2, -0.15) is 0 Å². The fraction of sp³-hybridized carbons (Fsp3) is 0.217. The van der Waals surface area contributed by atoms with Gasteiger partial charge in [0.15, 0.2) is 0 Å². The molecule has 5 rings (SSSR count). The predicted molar refractivity (Wildman–Crippen MR) is 115 cm³/mol. The molecule has 4 aromatic rings. The summed E-state index contributed by atoms with van der Waals surface area (Å²) in [6.45, 7) is 2.82. The molecule has 0 saturated carbocycles. The molecule has 0 spiro atoms. The third kappa shape index (κ3) is 3.25. The molecule has 1 aromatic carbocycles. The Bertz CT molecular complexity index is 1170. The topological polar surface area (TPSA) is 56.8 Å². The van der Waals surface area contributed by atoms with Crippen LogP contribution in [0, 0.1) is 0 Å². The molecule has 0 aliphatic carbocycles. The molecule has 5 heteroatoms.